The normalized spacial score (nSPS) is 12.3. The molecule has 0 saturated carbocycles. The highest BCUT2D eigenvalue weighted by Gasteiger charge is 2.07. The van der Waals surface area contributed by atoms with Gasteiger partial charge in [0.1, 0.15) is 17.4 Å². The van der Waals surface area contributed by atoms with Crippen molar-refractivity contribution in [2.24, 2.45) is 9.98 Å². The molecule has 2 heteroatoms. The molecular weight excluding hydrogens is 160 g/mol. The van der Waals surface area contributed by atoms with Crippen LogP contribution in [0, 0.1) is 0 Å². The smallest absolute Gasteiger partial charge is 0.109 e. The van der Waals surface area contributed by atoms with Gasteiger partial charge in [0, 0.05) is 5.39 Å². The first-order valence-electron chi connectivity index (χ1n) is 4.13. The molecule has 0 N–H and O–H groups in total. The summed E-state index contributed by atoms with van der Waals surface area (Å²) in [5, 5.41) is 2.35. The van der Waals surface area contributed by atoms with Gasteiger partial charge >= 0.3 is 0 Å². The fourth-order valence-corrected chi connectivity index (χ4v) is 1.58. The van der Waals surface area contributed by atoms with Gasteiger partial charge in [-0.2, -0.15) is 9.98 Å². The van der Waals surface area contributed by atoms with E-state index in [-0.39, 0.29) is 0 Å². The van der Waals surface area contributed by atoms with Gasteiger partial charge in [0.05, 0.1) is 0 Å². The average Bonchev–Trinajstić information content (AvgIpc) is 2.65. The Morgan fingerprint density at radius 3 is 2.85 bits per heavy atom. The Labute approximate surface area is 75.3 Å². The molecule has 13 heavy (non-hydrogen) atoms. The third-order valence-corrected chi connectivity index (χ3v) is 2.21. The first kappa shape index (κ1) is 6.58. The number of hydrogen-bond donors (Lipinski definition) is 0. The SMILES string of the molecule is C1=Nc2ccc3ccccc3c2N=1. The van der Waals surface area contributed by atoms with Crippen molar-refractivity contribution in [2.75, 3.05) is 0 Å². The van der Waals surface area contributed by atoms with E-state index in [2.05, 4.69) is 34.2 Å². The number of nitrogens with zero attached hydrogens (tertiary/aromatic N) is 2. The second-order valence-corrected chi connectivity index (χ2v) is 2.98. The molecule has 60 valence electrons. The van der Waals surface area contributed by atoms with E-state index < -0.39 is 0 Å². The van der Waals surface area contributed by atoms with Crippen LogP contribution in [-0.4, -0.2) is 6.01 Å². The summed E-state index contributed by atoms with van der Waals surface area (Å²) in [4.78, 5) is 8.14. The van der Waals surface area contributed by atoms with Crippen LogP contribution in [0.25, 0.3) is 10.8 Å². The van der Waals surface area contributed by atoms with Crippen LogP contribution in [0.4, 0.5) is 11.4 Å². The molecule has 0 saturated heterocycles. The molecule has 1 aliphatic rings. The second-order valence-electron chi connectivity index (χ2n) is 2.98. The van der Waals surface area contributed by atoms with Crippen LogP contribution >= 0.6 is 0 Å². The van der Waals surface area contributed by atoms with E-state index in [1.807, 2.05) is 18.2 Å². The number of aliphatic imine (C=N–C) groups is 2. The maximum atomic E-state index is 4.11. The molecule has 2 aromatic carbocycles. The highest BCUT2D eigenvalue weighted by molar-refractivity contribution is 6.00. The third kappa shape index (κ3) is 0.835. The Morgan fingerprint density at radius 1 is 0.923 bits per heavy atom. The third-order valence-electron chi connectivity index (χ3n) is 2.21. The number of benzene rings is 2. The largest absolute Gasteiger partial charge is 0.185 e. The molecule has 0 bridgehead atoms. The maximum absolute atomic E-state index is 4.11. The minimum Gasteiger partial charge on any atom is -0.185 e. The number of fused-ring (bicyclic) bond motifs is 3. The first-order valence-corrected chi connectivity index (χ1v) is 4.13. The zero-order chi connectivity index (χ0) is 8.67. The predicted molar refractivity (Wildman–Crippen MR) is 53.1 cm³/mol. The first-order chi connectivity index (χ1) is 6.45. The fraction of sp³-hybridized carbons (Fsp3) is 0. The molecular formula is C11H6N2. The molecule has 1 aliphatic heterocycles. The Kier molecular flexibility index (Phi) is 1.16. The van der Waals surface area contributed by atoms with Gasteiger partial charge in [0.15, 0.2) is 0 Å². The van der Waals surface area contributed by atoms with E-state index in [0.717, 1.165) is 16.8 Å². The van der Waals surface area contributed by atoms with Crippen molar-refractivity contribution in [3.05, 3.63) is 36.4 Å². The van der Waals surface area contributed by atoms with Gasteiger partial charge in [-0.15, -0.1) is 0 Å². The topological polar surface area (TPSA) is 24.7 Å². The molecule has 0 unspecified atom stereocenters. The monoisotopic (exact) mass is 166 g/mol. The molecule has 0 spiro atoms. The summed E-state index contributed by atoms with van der Waals surface area (Å²) >= 11 is 0. The lowest BCUT2D eigenvalue weighted by atomic mass is 10.1. The van der Waals surface area contributed by atoms with Crippen molar-refractivity contribution < 1.29 is 0 Å². The van der Waals surface area contributed by atoms with Crippen molar-refractivity contribution in [1.82, 2.24) is 0 Å². The fourth-order valence-electron chi connectivity index (χ4n) is 1.58. The van der Waals surface area contributed by atoms with Gasteiger partial charge in [-0.05, 0) is 11.5 Å². The van der Waals surface area contributed by atoms with Gasteiger partial charge in [-0.3, -0.25) is 0 Å². The van der Waals surface area contributed by atoms with Crippen molar-refractivity contribution >= 4 is 28.2 Å². The van der Waals surface area contributed by atoms with E-state index in [9.17, 15) is 0 Å². The number of rotatable bonds is 0. The van der Waals surface area contributed by atoms with Crippen molar-refractivity contribution in [3.8, 4) is 0 Å². The molecule has 2 nitrogen and oxygen atoms in total. The van der Waals surface area contributed by atoms with Crippen LogP contribution in [0.2, 0.25) is 0 Å². The zero-order valence-corrected chi connectivity index (χ0v) is 6.86. The van der Waals surface area contributed by atoms with Gasteiger partial charge in [0.25, 0.3) is 0 Å². The second kappa shape index (κ2) is 2.28. The van der Waals surface area contributed by atoms with Gasteiger partial charge in [-0.1, -0.05) is 30.3 Å². The van der Waals surface area contributed by atoms with E-state index in [1.54, 1.807) is 0 Å². The Morgan fingerprint density at radius 2 is 1.85 bits per heavy atom. The summed E-state index contributed by atoms with van der Waals surface area (Å²) < 4.78 is 0. The van der Waals surface area contributed by atoms with Gasteiger partial charge < -0.3 is 0 Å². The van der Waals surface area contributed by atoms with Crippen LogP contribution in [0.1, 0.15) is 0 Å². The summed E-state index contributed by atoms with van der Waals surface area (Å²) in [5.41, 5.74) is 1.86. The summed E-state index contributed by atoms with van der Waals surface area (Å²) in [6.07, 6.45) is 0. The molecule has 0 aliphatic carbocycles. The summed E-state index contributed by atoms with van der Waals surface area (Å²) in [7, 11) is 0. The van der Waals surface area contributed by atoms with Crippen molar-refractivity contribution in [3.63, 3.8) is 0 Å². The summed E-state index contributed by atoms with van der Waals surface area (Å²) in [6, 6.07) is 14.8. The van der Waals surface area contributed by atoms with E-state index in [0.29, 0.717) is 0 Å². The van der Waals surface area contributed by atoms with Crippen LogP contribution in [0.15, 0.2) is 46.4 Å². The molecule has 0 amide bonds. The van der Waals surface area contributed by atoms with E-state index in [4.69, 9.17) is 0 Å². The zero-order valence-electron chi connectivity index (χ0n) is 6.86. The molecule has 1 heterocycles. The maximum Gasteiger partial charge on any atom is 0.109 e. The molecule has 2 aromatic rings. The van der Waals surface area contributed by atoms with Gasteiger partial charge in [0.2, 0.25) is 0 Å². The lowest BCUT2D eigenvalue weighted by molar-refractivity contribution is 1.58. The molecule has 0 fully saturated rings. The highest BCUT2D eigenvalue weighted by atomic mass is 14.9. The van der Waals surface area contributed by atoms with Crippen LogP contribution < -0.4 is 0 Å². The average molecular weight is 166 g/mol. The number of hydrogen-bond acceptors (Lipinski definition) is 2. The minimum atomic E-state index is 0.915. The Hall–Kier alpha value is -1.92. The lowest BCUT2D eigenvalue weighted by Gasteiger charge is -2.00. The molecule has 3 rings (SSSR count). The summed E-state index contributed by atoms with van der Waals surface area (Å²) in [6.45, 7) is 0. The van der Waals surface area contributed by atoms with Gasteiger partial charge in [-0.25, -0.2) is 0 Å². The Bertz CT molecular complexity index is 549. The molecule has 0 atom stereocenters. The van der Waals surface area contributed by atoms with E-state index in [1.165, 1.54) is 5.39 Å². The standard InChI is InChI=1S/C11H6N2/c1-2-4-9-8(3-1)5-6-10-11(9)13-7-12-10/h1-6H. The van der Waals surface area contributed by atoms with Crippen LogP contribution in [0.5, 0.6) is 0 Å². The molecule has 0 aromatic heterocycles. The van der Waals surface area contributed by atoms with Crippen LogP contribution in [-0.2, 0) is 0 Å². The van der Waals surface area contributed by atoms with Crippen molar-refractivity contribution in [2.45, 2.75) is 0 Å². The Balaban J connectivity index is 2.52. The highest BCUT2D eigenvalue weighted by Crippen LogP contribution is 2.37. The minimum absolute atomic E-state index is 0.915. The predicted octanol–water partition coefficient (Wildman–Crippen LogP) is 3.29. The lowest BCUT2D eigenvalue weighted by Crippen LogP contribution is -1.71. The van der Waals surface area contributed by atoms with Crippen LogP contribution in [0.3, 0.4) is 0 Å². The van der Waals surface area contributed by atoms with E-state index >= 15 is 0 Å². The summed E-state index contributed by atoms with van der Waals surface area (Å²) in [5.74, 6) is 0. The molecule has 0 radical (unpaired) electrons. The quantitative estimate of drug-likeness (QED) is 0.489. The van der Waals surface area contributed by atoms with Crippen molar-refractivity contribution in [1.29, 1.82) is 0 Å².